The smallest absolute Gasteiger partial charge is 0.0998 e. The third kappa shape index (κ3) is 4.40. The molecule has 2 atom stereocenters. The van der Waals surface area contributed by atoms with Crippen molar-refractivity contribution in [1.82, 2.24) is 0 Å². The van der Waals surface area contributed by atoms with Crippen LogP contribution in [0.15, 0.2) is 119 Å². The Morgan fingerprint density at radius 1 is 0.469 bits per heavy atom. The number of benzene rings is 4. The Balaban J connectivity index is 1.58. The van der Waals surface area contributed by atoms with Gasteiger partial charge in [-0.05, 0) is 58.4 Å². The first kappa shape index (κ1) is 20.4. The highest BCUT2D eigenvalue weighted by molar-refractivity contribution is 5.87. The van der Waals surface area contributed by atoms with Gasteiger partial charge in [0.1, 0.15) is 0 Å². The first-order valence-corrected chi connectivity index (χ1v) is 11.6. The Morgan fingerprint density at radius 2 is 0.906 bits per heavy atom. The highest BCUT2D eigenvalue weighted by Gasteiger charge is 2.16. The van der Waals surface area contributed by atoms with Crippen molar-refractivity contribution in [2.24, 2.45) is 10.2 Å². The van der Waals surface area contributed by atoms with Crippen molar-refractivity contribution in [2.75, 3.05) is 0 Å². The van der Waals surface area contributed by atoms with Gasteiger partial charge in [-0.15, -0.1) is 0 Å². The number of allylic oxidation sites excluding steroid dienone is 2. The molecule has 0 radical (unpaired) electrons. The molecule has 1 aliphatic heterocycles. The van der Waals surface area contributed by atoms with E-state index < -0.39 is 0 Å². The third-order valence-electron chi connectivity index (χ3n) is 6.26. The van der Waals surface area contributed by atoms with Crippen LogP contribution in [0.5, 0.6) is 0 Å². The number of rotatable bonds is 2. The first-order valence-electron chi connectivity index (χ1n) is 11.6. The Bertz CT molecular complexity index is 1190. The van der Waals surface area contributed by atoms with E-state index in [1.165, 1.54) is 32.7 Å². The number of hydrogen-bond donors (Lipinski definition) is 0. The first-order chi connectivity index (χ1) is 15.9. The van der Waals surface area contributed by atoms with E-state index in [2.05, 4.69) is 109 Å². The Kier molecular flexibility index (Phi) is 6.20. The van der Waals surface area contributed by atoms with Crippen molar-refractivity contribution >= 4 is 21.5 Å². The lowest BCUT2D eigenvalue weighted by Gasteiger charge is -2.17. The maximum atomic E-state index is 4.98. The summed E-state index contributed by atoms with van der Waals surface area (Å²) in [4.78, 5) is 0. The highest BCUT2D eigenvalue weighted by atomic mass is 15.1. The van der Waals surface area contributed by atoms with Crippen molar-refractivity contribution in [3.8, 4) is 0 Å². The molecule has 0 bridgehead atoms. The van der Waals surface area contributed by atoms with Crippen LogP contribution in [0, 0.1) is 0 Å². The summed E-state index contributed by atoms with van der Waals surface area (Å²) in [7, 11) is 0. The molecule has 32 heavy (non-hydrogen) atoms. The molecule has 1 heterocycles. The van der Waals surface area contributed by atoms with E-state index in [0.717, 1.165) is 25.7 Å². The zero-order chi connectivity index (χ0) is 21.6. The quantitative estimate of drug-likeness (QED) is 0.291. The average molecular weight is 417 g/mol. The molecule has 0 aliphatic carbocycles. The zero-order valence-corrected chi connectivity index (χ0v) is 18.3. The lowest BCUT2D eigenvalue weighted by atomic mass is 9.96. The standard InChI is InChI=1S/C30H28N2/c1-2-4-6-22-30(28-20-12-16-24-14-8-10-18-26(24)28)32-31-29(21-5-3-1)27-19-11-15-23-13-7-9-17-25(23)27/h3-20,29-30H,1-2,21-22H2/b5-3+,6-4+,32-31+. The van der Waals surface area contributed by atoms with Gasteiger partial charge < -0.3 is 0 Å². The van der Waals surface area contributed by atoms with Crippen LogP contribution >= 0.6 is 0 Å². The summed E-state index contributed by atoms with van der Waals surface area (Å²) in [5, 5.41) is 15.0. The maximum Gasteiger partial charge on any atom is 0.0998 e. The Morgan fingerprint density at radius 3 is 1.41 bits per heavy atom. The van der Waals surface area contributed by atoms with Crippen LogP contribution in [0.25, 0.3) is 21.5 Å². The molecule has 0 spiro atoms. The van der Waals surface area contributed by atoms with E-state index in [4.69, 9.17) is 10.2 Å². The van der Waals surface area contributed by atoms with Crippen LogP contribution < -0.4 is 0 Å². The summed E-state index contributed by atoms with van der Waals surface area (Å²) in [5.41, 5.74) is 2.50. The Hall–Kier alpha value is -3.52. The SMILES string of the molecule is C1=C/CC(c2cccc3ccccc23)/N=N/C(c2cccc3ccccc23)C/C=C/CC/1. The summed E-state index contributed by atoms with van der Waals surface area (Å²) in [5.74, 6) is 0. The maximum absolute atomic E-state index is 4.98. The molecule has 5 rings (SSSR count). The molecule has 1 aliphatic rings. The third-order valence-corrected chi connectivity index (χ3v) is 6.26. The molecule has 4 aromatic carbocycles. The van der Waals surface area contributed by atoms with E-state index in [1.807, 2.05) is 0 Å². The van der Waals surface area contributed by atoms with Gasteiger partial charge in [0.2, 0.25) is 0 Å². The highest BCUT2D eigenvalue weighted by Crippen LogP contribution is 2.34. The van der Waals surface area contributed by atoms with Crippen LogP contribution in [0.3, 0.4) is 0 Å². The molecule has 0 aromatic heterocycles. The number of fused-ring (bicyclic) bond motifs is 2. The second-order valence-electron chi connectivity index (χ2n) is 8.39. The predicted molar refractivity (Wildman–Crippen MR) is 135 cm³/mol. The van der Waals surface area contributed by atoms with Gasteiger partial charge in [0.05, 0.1) is 12.1 Å². The molecule has 0 N–H and O–H groups in total. The molecule has 2 nitrogen and oxygen atoms in total. The van der Waals surface area contributed by atoms with E-state index in [0.29, 0.717) is 0 Å². The summed E-state index contributed by atoms with van der Waals surface area (Å²) < 4.78 is 0. The minimum Gasteiger partial charge on any atom is -0.185 e. The van der Waals surface area contributed by atoms with Crippen molar-refractivity contribution < 1.29 is 0 Å². The van der Waals surface area contributed by atoms with Gasteiger partial charge in [-0.3, -0.25) is 0 Å². The van der Waals surface area contributed by atoms with Crippen molar-refractivity contribution in [3.05, 3.63) is 120 Å². The van der Waals surface area contributed by atoms with Crippen LogP contribution in [0.2, 0.25) is 0 Å². The molecule has 2 unspecified atom stereocenters. The average Bonchev–Trinajstić information content (AvgIpc) is 2.84. The molecule has 4 aromatic rings. The van der Waals surface area contributed by atoms with Crippen molar-refractivity contribution in [2.45, 2.75) is 37.8 Å². The fourth-order valence-electron chi connectivity index (χ4n) is 4.59. The normalized spacial score (nSPS) is 22.6. The number of azo groups is 1. The van der Waals surface area contributed by atoms with Crippen molar-refractivity contribution in [1.29, 1.82) is 0 Å². The fraction of sp³-hybridized carbons (Fsp3) is 0.200. The van der Waals surface area contributed by atoms with Gasteiger partial charge in [-0.2, -0.15) is 10.2 Å². The second-order valence-corrected chi connectivity index (χ2v) is 8.39. The summed E-state index contributed by atoms with van der Waals surface area (Å²) in [6.07, 6.45) is 13.0. The van der Waals surface area contributed by atoms with Gasteiger partial charge in [-0.25, -0.2) is 0 Å². The predicted octanol–water partition coefficient (Wildman–Crippen LogP) is 8.91. The molecular formula is C30H28N2. The zero-order valence-electron chi connectivity index (χ0n) is 18.3. The van der Waals surface area contributed by atoms with Gasteiger partial charge in [0, 0.05) is 0 Å². The molecule has 0 saturated heterocycles. The van der Waals surface area contributed by atoms with Crippen LogP contribution in [-0.4, -0.2) is 0 Å². The fourth-order valence-corrected chi connectivity index (χ4v) is 4.59. The van der Waals surface area contributed by atoms with Gasteiger partial charge in [-0.1, -0.05) is 109 Å². The molecule has 0 amide bonds. The van der Waals surface area contributed by atoms with Crippen LogP contribution in [0.1, 0.15) is 48.9 Å². The second kappa shape index (κ2) is 9.74. The summed E-state index contributed by atoms with van der Waals surface area (Å²) in [6, 6.07) is 30.2. The largest absolute Gasteiger partial charge is 0.185 e. The molecule has 0 saturated carbocycles. The Labute approximate surface area is 190 Å². The molecule has 0 fully saturated rings. The summed E-state index contributed by atoms with van der Waals surface area (Å²) >= 11 is 0. The van der Waals surface area contributed by atoms with Crippen molar-refractivity contribution in [3.63, 3.8) is 0 Å². The summed E-state index contributed by atoms with van der Waals surface area (Å²) in [6.45, 7) is 0. The van der Waals surface area contributed by atoms with E-state index in [1.54, 1.807) is 0 Å². The lowest BCUT2D eigenvalue weighted by molar-refractivity contribution is 0.610. The van der Waals surface area contributed by atoms with Crippen LogP contribution in [0.4, 0.5) is 0 Å². The molecule has 2 heteroatoms. The van der Waals surface area contributed by atoms with E-state index >= 15 is 0 Å². The van der Waals surface area contributed by atoms with E-state index in [-0.39, 0.29) is 12.1 Å². The van der Waals surface area contributed by atoms with Gasteiger partial charge >= 0.3 is 0 Å². The van der Waals surface area contributed by atoms with E-state index in [9.17, 15) is 0 Å². The lowest BCUT2D eigenvalue weighted by Crippen LogP contribution is -1.99. The van der Waals surface area contributed by atoms with Crippen LogP contribution in [-0.2, 0) is 0 Å². The van der Waals surface area contributed by atoms with Gasteiger partial charge in [0.15, 0.2) is 0 Å². The topological polar surface area (TPSA) is 24.7 Å². The minimum absolute atomic E-state index is 0.0123. The number of nitrogens with zero attached hydrogens (tertiary/aromatic N) is 2. The monoisotopic (exact) mass is 416 g/mol. The minimum atomic E-state index is 0.0123. The number of hydrogen-bond acceptors (Lipinski definition) is 2. The molecular weight excluding hydrogens is 388 g/mol. The van der Waals surface area contributed by atoms with Gasteiger partial charge in [0.25, 0.3) is 0 Å². The molecule has 158 valence electrons.